The van der Waals surface area contributed by atoms with E-state index in [1.54, 1.807) is 20.8 Å². The van der Waals surface area contributed by atoms with E-state index in [9.17, 15) is 9.59 Å². The fourth-order valence-corrected chi connectivity index (χ4v) is 1.95. The monoisotopic (exact) mass is 311 g/mol. The van der Waals surface area contributed by atoms with Gasteiger partial charge in [0.25, 0.3) is 0 Å². The number of rotatable bonds is 4. The van der Waals surface area contributed by atoms with Crippen LogP contribution in [-0.4, -0.2) is 54.5 Å². The fourth-order valence-electron chi connectivity index (χ4n) is 1.95. The van der Waals surface area contributed by atoms with Gasteiger partial charge < -0.3 is 14.2 Å². The van der Waals surface area contributed by atoms with Crippen LogP contribution in [0.15, 0.2) is 0 Å². The third-order valence-corrected chi connectivity index (χ3v) is 3.00. The molecule has 0 aromatic rings. The van der Waals surface area contributed by atoms with E-state index in [1.165, 1.54) is 4.90 Å². The van der Waals surface area contributed by atoms with Crippen molar-refractivity contribution >= 4 is 12.1 Å². The Kier molecular flexibility index (Phi) is 6.69. The predicted molar refractivity (Wildman–Crippen MR) is 81.2 cm³/mol. The van der Waals surface area contributed by atoms with Gasteiger partial charge in [0, 0.05) is 6.42 Å². The summed E-state index contributed by atoms with van der Waals surface area (Å²) in [4.78, 5) is 25.3. The molecule has 6 nitrogen and oxygen atoms in total. The molecule has 1 heterocycles. The molecule has 0 aliphatic carbocycles. The first-order chi connectivity index (χ1) is 10.3. The Labute approximate surface area is 132 Å². The molecule has 1 aliphatic rings. The molecule has 1 amide bonds. The van der Waals surface area contributed by atoms with Crippen LogP contribution in [0.4, 0.5) is 4.79 Å². The van der Waals surface area contributed by atoms with Crippen LogP contribution in [0.2, 0.25) is 0 Å². The van der Waals surface area contributed by atoms with Crippen LogP contribution in [-0.2, 0) is 19.0 Å². The number of carbonyl (C=O) groups excluding carboxylic acids is 2. The fraction of sp³-hybridized carbons (Fsp3) is 0.750. The summed E-state index contributed by atoms with van der Waals surface area (Å²) in [5, 5.41) is 0. The third kappa shape index (κ3) is 5.94. The van der Waals surface area contributed by atoms with Gasteiger partial charge in [-0.3, -0.25) is 9.69 Å². The summed E-state index contributed by atoms with van der Waals surface area (Å²) in [7, 11) is 0. The second kappa shape index (κ2) is 8.04. The van der Waals surface area contributed by atoms with Crippen LogP contribution in [0, 0.1) is 12.3 Å². The second-order valence-corrected chi connectivity index (χ2v) is 6.21. The highest BCUT2D eigenvalue weighted by Crippen LogP contribution is 2.17. The van der Waals surface area contributed by atoms with Crippen LogP contribution in [0.1, 0.15) is 40.5 Å². The van der Waals surface area contributed by atoms with E-state index in [1.807, 2.05) is 6.92 Å². The van der Waals surface area contributed by atoms with Crippen molar-refractivity contribution in [1.82, 2.24) is 4.90 Å². The Morgan fingerprint density at radius 2 is 2.09 bits per heavy atom. The van der Waals surface area contributed by atoms with Crippen molar-refractivity contribution in [2.24, 2.45) is 0 Å². The molecule has 0 bridgehead atoms. The van der Waals surface area contributed by atoms with Crippen molar-refractivity contribution in [3.8, 4) is 12.3 Å². The Bertz CT molecular complexity index is 435. The van der Waals surface area contributed by atoms with E-state index >= 15 is 0 Å². The lowest BCUT2D eigenvalue weighted by atomic mass is 10.2. The first kappa shape index (κ1) is 18.3. The zero-order chi connectivity index (χ0) is 16.8. The van der Waals surface area contributed by atoms with Crippen molar-refractivity contribution in [1.29, 1.82) is 0 Å². The molecule has 124 valence electrons. The number of carbonyl (C=O) groups is 2. The molecule has 1 rings (SSSR count). The molecule has 0 spiro atoms. The molecule has 0 aromatic heterocycles. The molecule has 22 heavy (non-hydrogen) atoms. The van der Waals surface area contributed by atoms with Gasteiger partial charge in [-0.25, -0.2) is 4.79 Å². The molecule has 0 radical (unpaired) electrons. The van der Waals surface area contributed by atoms with E-state index in [-0.39, 0.29) is 31.8 Å². The number of hydrogen-bond acceptors (Lipinski definition) is 5. The largest absolute Gasteiger partial charge is 0.463 e. The van der Waals surface area contributed by atoms with Gasteiger partial charge in [-0.2, -0.15) is 0 Å². The third-order valence-electron chi connectivity index (χ3n) is 3.00. The SMILES string of the molecule is C#C[C@@H]1CN(C(=O)OC(C)(C)C)[C@H](COC(=O)CCC)CO1. The summed E-state index contributed by atoms with van der Waals surface area (Å²) in [6.45, 7) is 7.79. The minimum Gasteiger partial charge on any atom is -0.463 e. The number of hydrogen-bond donors (Lipinski definition) is 0. The summed E-state index contributed by atoms with van der Waals surface area (Å²) in [6.07, 6.45) is 5.48. The highest BCUT2D eigenvalue weighted by molar-refractivity contribution is 5.70. The maximum absolute atomic E-state index is 12.3. The molecule has 1 fully saturated rings. The normalized spacial score (nSPS) is 21.9. The highest BCUT2D eigenvalue weighted by Gasteiger charge is 2.35. The zero-order valence-corrected chi connectivity index (χ0v) is 13.8. The lowest BCUT2D eigenvalue weighted by molar-refractivity contribution is -0.148. The topological polar surface area (TPSA) is 65.1 Å². The van der Waals surface area contributed by atoms with Gasteiger partial charge in [0.15, 0.2) is 0 Å². The average molecular weight is 311 g/mol. The van der Waals surface area contributed by atoms with Crippen LogP contribution in [0.5, 0.6) is 0 Å². The van der Waals surface area contributed by atoms with E-state index in [2.05, 4.69) is 5.92 Å². The van der Waals surface area contributed by atoms with Crippen LogP contribution in [0.3, 0.4) is 0 Å². The molecule has 0 aromatic carbocycles. The lowest BCUT2D eigenvalue weighted by Crippen LogP contribution is -2.55. The Hall–Kier alpha value is -1.74. The molecule has 1 saturated heterocycles. The smallest absolute Gasteiger partial charge is 0.410 e. The highest BCUT2D eigenvalue weighted by atomic mass is 16.6. The first-order valence-corrected chi connectivity index (χ1v) is 7.49. The van der Waals surface area contributed by atoms with Gasteiger partial charge in [-0.05, 0) is 27.2 Å². The average Bonchev–Trinajstić information content (AvgIpc) is 2.43. The summed E-state index contributed by atoms with van der Waals surface area (Å²) in [5.41, 5.74) is -0.607. The molecular weight excluding hydrogens is 286 g/mol. The van der Waals surface area contributed by atoms with Gasteiger partial charge in [0.05, 0.1) is 19.2 Å². The van der Waals surface area contributed by atoms with Gasteiger partial charge >= 0.3 is 12.1 Å². The summed E-state index contributed by atoms with van der Waals surface area (Å²) >= 11 is 0. The molecule has 6 heteroatoms. The van der Waals surface area contributed by atoms with Gasteiger partial charge in [0.2, 0.25) is 0 Å². The summed E-state index contributed by atoms with van der Waals surface area (Å²) in [5.74, 6) is 2.19. The molecule has 0 unspecified atom stereocenters. The Balaban J connectivity index is 2.69. The maximum Gasteiger partial charge on any atom is 0.410 e. The predicted octanol–water partition coefficient (Wildman–Crippen LogP) is 1.97. The van der Waals surface area contributed by atoms with Gasteiger partial charge in [0.1, 0.15) is 18.3 Å². The lowest BCUT2D eigenvalue weighted by Gasteiger charge is -2.38. The number of esters is 1. The first-order valence-electron chi connectivity index (χ1n) is 7.49. The molecule has 0 N–H and O–H groups in total. The van der Waals surface area contributed by atoms with Crippen molar-refractivity contribution in [3.05, 3.63) is 0 Å². The van der Waals surface area contributed by atoms with Gasteiger partial charge in [-0.1, -0.05) is 12.8 Å². The van der Waals surface area contributed by atoms with E-state index in [0.717, 1.165) is 6.42 Å². The number of terminal acetylenes is 1. The Morgan fingerprint density at radius 3 is 2.64 bits per heavy atom. The quantitative estimate of drug-likeness (QED) is 0.586. The maximum atomic E-state index is 12.3. The van der Waals surface area contributed by atoms with E-state index in [4.69, 9.17) is 20.6 Å². The van der Waals surface area contributed by atoms with Gasteiger partial charge in [-0.15, -0.1) is 6.42 Å². The van der Waals surface area contributed by atoms with Crippen molar-refractivity contribution in [2.45, 2.75) is 58.3 Å². The number of ether oxygens (including phenoxy) is 3. The minimum absolute atomic E-state index is 0.0787. The zero-order valence-electron chi connectivity index (χ0n) is 13.8. The van der Waals surface area contributed by atoms with Crippen LogP contribution < -0.4 is 0 Å². The second-order valence-electron chi connectivity index (χ2n) is 6.21. The van der Waals surface area contributed by atoms with E-state index < -0.39 is 17.8 Å². The number of nitrogens with zero attached hydrogens (tertiary/aromatic N) is 1. The summed E-state index contributed by atoms with van der Waals surface area (Å²) < 4.78 is 16.0. The van der Waals surface area contributed by atoms with Crippen molar-refractivity contribution in [2.75, 3.05) is 19.8 Å². The molecule has 2 atom stereocenters. The Morgan fingerprint density at radius 1 is 1.41 bits per heavy atom. The van der Waals surface area contributed by atoms with Crippen LogP contribution in [0.25, 0.3) is 0 Å². The molecule has 0 saturated carbocycles. The standard InChI is InChI=1S/C16H25NO5/c1-6-8-14(18)21-11-12-10-20-13(7-2)9-17(12)15(19)22-16(3,4)5/h2,12-13H,6,8-11H2,1,3-5H3/t12-,13+/m0/s1. The van der Waals surface area contributed by atoms with Crippen LogP contribution >= 0.6 is 0 Å². The van der Waals surface area contributed by atoms with Crippen molar-refractivity contribution in [3.63, 3.8) is 0 Å². The summed E-state index contributed by atoms with van der Waals surface area (Å²) in [6, 6.07) is -0.389. The van der Waals surface area contributed by atoms with E-state index in [0.29, 0.717) is 6.42 Å². The molecule has 1 aliphatic heterocycles. The van der Waals surface area contributed by atoms with Crippen molar-refractivity contribution < 1.29 is 23.8 Å². The number of morpholine rings is 1. The number of amides is 1. The minimum atomic E-state index is -0.607. The molecular formula is C16H25NO5.